The summed E-state index contributed by atoms with van der Waals surface area (Å²) in [6.07, 6.45) is 0.732. The Bertz CT molecular complexity index is 998. The Kier molecular flexibility index (Phi) is 6.87. The van der Waals surface area contributed by atoms with E-state index < -0.39 is 17.7 Å². The molecular weight excluding hydrogens is 408 g/mol. The van der Waals surface area contributed by atoms with E-state index in [1.807, 2.05) is 30.3 Å². The van der Waals surface area contributed by atoms with Crippen molar-refractivity contribution in [3.8, 4) is 5.75 Å². The lowest BCUT2D eigenvalue weighted by atomic mass is 9.95. The van der Waals surface area contributed by atoms with E-state index in [4.69, 9.17) is 9.47 Å². The summed E-state index contributed by atoms with van der Waals surface area (Å²) in [6.45, 7) is 4.43. The van der Waals surface area contributed by atoms with Crippen molar-refractivity contribution in [2.75, 3.05) is 46.5 Å². The van der Waals surface area contributed by atoms with Gasteiger partial charge in [0, 0.05) is 31.7 Å². The highest BCUT2D eigenvalue weighted by atomic mass is 16.5. The van der Waals surface area contributed by atoms with Gasteiger partial charge >= 0.3 is 0 Å². The second kappa shape index (κ2) is 9.97. The summed E-state index contributed by atoms with van der Waals surface area (Å²) in [7, 11) is 1.54. The molecule has 1 N–H and O–H groups in total. The predicted molar refractivity (Wildman–Crippen MR) is 120 cm³/mol. The third-order valence-electron chi connectivity index (χ3n) is 5.98. The first-order valence-corrected chi connectivity index (χ1v) is 10.9. The van der Waals surface area contributed by atoms with Gasteiger partial charge in [0.15, 0.2) is 0 Å². The van der Waals surface area contributed by atoms with Crippen LogP contribution in [0.25, 0.3) is 5.76 Å². The van der Waals surface area contributed by atoms with E-state index in [0.29, 0.717) is 17.9 Å². The highest BCUT2D eigenvalue weighted by Gasteiger charge is 2.45. The molecule has 1 atom stereocenters. The molecular formula is C25H28N2O5. The van der Waals surface area contributed by atoms with Gasteiger partial charge in [-0.2, -0.15) is 0 Å². The minimum atomic E-state index is -0.662. The number of likely N-dealkylation sites (tertiary alicyclic amines) is 1. The van der Waals surface area contributed by atoms with Gasteiger partial charge in [-0.1, -0.05) is 42.5 Å². The molecule has 0 unspecified atom stereocenters. The number of ether oxygens (including phenoxy) is 2. The summed E-state index contributed by atoms with van der Waals surface area (Å²) in [5.41, 5.74) is 1.35. The van der Waals surface area contributed by atoms with Gasteiger partial charge in [0.25, 0.3) is 11.7 Å². The van der Waals surface area contributed by atoms with E-state index in [1.54, 1.807) is 29.2 Å². The minimum absolute atomic E-state index is 0.112. The van der Waals surface area contributed by atoms with E-state index in [0.717, 1.165) is 44.8 Å². The van der Waals surface area contributed by atoms with Crippen LogP contribution in [-0.4, -0.2) is 73.1 Å². The number of hydrogen-bond donors (Lipinski definition) is 1. The molecule has 2 aliphatic heterocycles. The third-order valence-corrected chi connectivity index (χ3v) is 5.98. The van der Waals surface area contributed by atoms with Gasteiger partial charge in [0.2, 0.25) is 0 Å². The van der Waals surface area contributed by atoms with E-state index in [1.165, 1.54) is 7.11 Å². The molecule has 0 saturated carbocycles. The largest absolute Gasteiger partial charge is 0.507 e. The lowest BCUT2D eigenvalue weighted by Gasteiger charge is -2.29. The van der Waals surface area contributed by atoms with Gasteiger partial charge in [-0.3, -0.25) is 14.5 Å². The Hall–Kier alpha value is -3.16. The van der Waals surface area contributed by atoms with E-state index in [2.05, 4.69) is 4.90 Å². The lowest BCUT2D eigenvalue weighted by Crippen LogP contribution is -2.38. The molecule has 7 nitrogen and oxygen atoms in total. The van der Waals surface area contributed by atoms with Crippen molar-refractivity contribution >= 4 is 17.4 Å². The maximum Gasteiger partial charge on any atom is 0.295 e. The van der Waals surface area contributed by atoms with Crippen LogP contribution in [-0.2, 0) is 14.3 Å². The molecule has 0 bridgehead atoms. The van der Waals surface area contributed by atoms with Gasteiger partial charge in [-0.05, 0) is 24.1 Å². The summed E-state index contributed by atoms with van der Waals surface area (Å²) in [4.78, 5) is 30.0. The van der Waals surface area contributed by atoms with Gasteiger partial charge in [0.05, 0.1) is 31.9 Å². The minimum Gasteiger partial charge on any atom is -0.507 e. The summed E-state index contributed by atoms with van der Waals surface area (Å²) < 4.78 is 10.6. The number of carbonyl (C=O) groups is 2. The fourth-order valence-corrected chi connectivity index (χ4v) is 4.31. The van der Waals surface area contributed by atoms with Gasteiger partial charge in [-0.15, -0.1) is 0 Å². The molecule has 2 heterocycles. The molecule has 7 heteroatoms. The second-order valence-electron chi connectivity index (χ2n) is 7.94. The zero-order valence-corrected chi connectivity index (χ0v) is 18.2. The third kappa shape index (κ3) is 4.54. The Morgan fingerprint density at radius 2 is 1.81 bits per heavy atom. The summed E-state index contributed by atoms with van der Waals surface area (Å²) in [6, 6.07) is 15.6. The van der Waals surface area contributed by atoms with Crippen LogP contribution in [0.1, 0.15) is 23.6 Å². The van der Waals surface area contributed by atoms with Crippen LogP contribution in [0.2, 0.25) is 0 Å². The van der Waals surface area contributed by atoms with Crippen LogP contribution < -0.4 is 4.74 Å². The molecule has 32 heavy (non-hydrogen) atoms. The lowest BCUT2D eigenvalue weighted by molar-refractivity contribution is -0.140. The maximum atomic E-state index is 13.1. The van der Waals surface area contributed by atoms with Crippen molar-refractivity contribution in [2.45, 2.75) is 12.5 Å². The van der Waals surface area contributed by atoms with E-state index >= 15 is 0 Å². The SMILES string of the molecule is COc1cccc(/C(O)=C2\C(=O)C(=O)N(CCCN3CCOCC3)[C@@H]2c2ccccc2)c1. The van der Waals surface area contributed by atoms with Crippen LogP contribution in [0.15, 0.2) is 60.2 Å². The topological polar surface area (TPSA) is 79.3 Å². The number of benzene rings is 2. The first-order chi connectivity index (χ1) is 15.6. The summed E-state index contributed by atoms with van der Waals surface area (Å²) >= 11 is 0. The van der Waals surface area contributed by atoms with E-state index in [9.17, 15) is 14.7 Å². The predicted octanol–water partition coefficient (Wildman–Crippen LogP) is 2.84. The fraction of sp³-hybridized carbons (Fsp3) is 0.360. The Morgan fingerprint density at radius 1 is 1.06 bits per heavy atom. The molecule has 2 saturated heterocycles. The first kappa shape index (κ1) is 22.0. The van der Waals surface area contributed by atoms with Crippen LogP contribution in [0.5, 0.6) is 5.75 Å². The number of Topliss-reactive ketones (excluding diaryl/α,β-unsaturated/α-hetero) is 1. The molecule has 2 aromatic carbocycles. The summed E-state index contributed by atoms with van der Waals surface area (Å²) in [5.74, 6) is -0.868. The number of hydrogen-bond acceptors (Lipinski definition) is 6. The molecule has 0 radical (unpaired) electrons. The first-order valence-electron chi connectivity index (χ1n) is 10.9. The number of methoxy groups -OCH3 is 1. The monoisotopic (exact) mass is 436 g/mol. The average molecular weight is 437 g/mol. The number of carbonyl (C=O) groups excluding carboxylic acids is 2. The zero-order valence-electron chi connectivity index (χ0n) is 18.2. The van der Waals surface area contributed by atoms with Gasteiger partial charge in [0.1, 0.15) is 11.5 Å². The maximum absolute atomic E-state index is 13.1. The van der Waals surface area contributed by atoms with Crippen molar-refractivity contribution in [1.29, 1.82) is 0 Å². The zero-order chi connectivity index (χ0) is 22.5. The molecule has 2 aromatic rings. The number of ketones is 1. The molecule has 2 fully saturated rings. The highest BCUT2D eigenvalue weighted by Crippen LogP contribution is 2.39. The Morgan fingerprint density at radius 3 is 2.53 bits per heavy atom. The number of aliphatic hydroxyl groups excluding tert-OH is 1. The van der Waals surface area contributed by atoms with Crippen LogP contribution in [0.4, 0.5) is 0 Å². The van der Waals surface area contributed by atoms with Crippen molar-refractivity contribution in [1.82, 2.24) is 9.80 Å². The van der Waals surface area contributed by atoms with Crippen LogP contribution in [0, 0.1) is 0 Å². The number of aliphatic hydroxyl groups is 1. The quantitative estimate of drug-likeness (QED) is 0.409. The molecule has 1 amide bonds. The molecule has 0 aliphatic carbocycles. The average Bonchev–Trinajstić information content (AvgIpc) is 3.10. The number of nitrogens with zero attached hydrogens (tertiary/aromatic N) is 2. The van der Waals surface area contributed by atoms with E-state index in [-0.39, 0.29) is 11.3 Å². The molecule has 0 spiro atoms. The van der Waals surface area contributed by atoms with Gasteiger partial charge < -0.3 is 19.5 Å². The van der Waals surface area contributed by atoms with Crippen molar-refractivity contribution in [3.05, 3.63) is 71.3 Å². The molecule has 2 aliphatic rings. The number of morpholine rings is 1. The molecule has 168 valence electrons. The fourth-order valence-electron chi connectivity index (χ4n) is 4.31. The Balaban J connectivity index is 1.65. The molecule has 0 aromatic heterocycles. The number of rotatable bonds is 7. The highest BCUT2D eigenvalue weighted by molar-refractivity contribution is 6.46. The molecule has 4 rings (SSSR count). The smallest absolute Gasteiger partial charge is 0.295 e. The standard InChI is InChI=1S/C25H28N2O5/c1-31-20-10-5-9-19(17-20)23(28)21-22(18-7-3-2-4-8-18)27(25(30)24(21)29)12-6-11-26-13-15-32-16-14-26/h2-5,7-10,17,22,28H,6,11-16H2,1H3/b23-21+/t22-/m1/s1. The van der Waals surface area contributed by atoms with Crippen molar-refractivity contribution < 1.29 is 24.2 Å². The van der Waals surface area contributed by atoms with Crippen molar-refractivity contribution in [2.24, 2.45) is 0 Å². The summed E-state index contributed by atoms with van der Waals surface area (Å²) in [5, 5.41) is 11.1. The Labute approximate surface area is 187 Å². The van der Waals surface area contributed by atoms with Crippen molar-refractivity contribution in [3.63, 3.8) is 0 Å². The van der Waals surface area contributed by atoms with Crippen LogP contribution in [0.3, 0.4) is 0 Å². The normalized spacial score (nSPS) is 21.2. The number of amides is 1. The van der Waals surface area contributed by atoms with Crippen LogP contribution >= 0.6 is 0 Å². The van der Waals surface area contributed by atoms with Gasteiger partial charge in [-0.25, -0.2) is 0 Å². The second-order valence-corrected chi connectivity index (χ2v) is 7.94.